The van der Waals surface area contributed by atoms with Crippen LogP contribution in [0.2, 0.25) is 0 Å². The second kappa shape index (κ2) is 5.17. The van der Waals surface area contributed by atoms with E-state index in [2.05, 4.69) is 11.9 Å². The molecular weight excluding hydrogens is 218 g/mol. The zero-order valence-electron chi connectivity index (χ0n) is 9.93. The van der Waals surface area contributed by atoms with Crippen LogP contribution in [0.1, 0.15) is 43.1 Å². The summed E-state index contributed by atoms with van der Waals surface area (Å²) in [6.07, 6.45) is 6.15. The highest BCUT2D eigenvalue weighted by molar-refractivity contribution is 5.85. The van der Waals surface area contributed by atoms with E-state index >= 15 is 0 Å². The molecule has 0 unspecified atom stereocenters. The molecule has 4 heteroatoms. The molecule has 1 aliphatic carbocycles. The molecule has 1 heterocycles. The lowest BCUT2D eigenvalue weighted by molar-refractivity contribution is 0.0689. The largest absolute Gasteiger partial charge is 0.490 e. The smallest absolute Gasteiger partial charge is 0.354 e. The molecule has 1 fully saturated rings. The van der Waals surface area contributed by atoms with Crippen LogP contribution in [0.15, 0.2) is 18.3 Å². The summed E-state index contributed by atoms with van der Waals surface area (Å²) >= 11 is 0. The summed E-state index contributed by atoms with van der Waals surface area (Å²) in [7, 11) is 0. The van der Waals surface area contributed by atoms with Gasteiger partial charge in [0, 0.05) is 12.3 Å². The van der Waals surface area contributed by atoms with Crippen LogP contribution in [0.5, 0.6) is 5.75 Å². The van der Waals surface area contributed by atoms with Crippen molar-refractivity contribution in [3.05, 3.63) is 24.0 Å². The molecular formula is C13H17NO3. The zero-order valence-corrected chi connectivity index (χ0v) is 9.93. The first-order valence-electron chi connectivity index (χ1n) is 6.01. The van der Waals surface area contributed by atoms with Gasteiger partial charge < -0.3 is 9.84 Å². The number of aromatic carboxylic acids is 1. The van der Waals surface area contributed by atoms with Crippen molar-refractivity contribution < 1.29 is 14.6 Å². The first-order chi connectivity index (χ1) is 8.15. The molecule has 0 spiro atoms. The Bertz CT molecular complexity index is 397. The van der Waals surface area contributed by atoms with Gasteiger partial charge in [-0.15, -0.1) is 0 Å². The van der Waals surface area contributed by atoms with E-state index in [0.29, 0.717) is 5.75 Å². The molecule has 0 amide bonds. The third kappa shape index (κ3) is 3.19. The predicted molar refractivity (Wildman–Crippen MR) is 63.2 cm³/mol. The van der Waals surface area contributed by atoms with Crippen molar-refractivity contribution in [1.82, 2.24) is 4.98 Å². The molecule has 1 saturated carbocycles. The van der Waals surface area contributed by atoms with E-state index in [1.807, 2.05) is 0 Å². The highest BCUT2D eigenvalue weighted by atomic mass is 16.5. The Morgan fingerprint density at radius 2 is 2.12 bits per heavy atom. The molecule has 4 nitrogen and oxygen atoms in total. The molecule has 92 valence electrons. The van der Waals surface area contributed by atoms with E-state index in [9.17, 15) is 4.79 Å². The minimum Gasteiger partial charge on any atom is -0.490 e. The minimum atomic E-state index is -1.02. The number of carbonyl (C=O) groups is 1. The highest BCUT2D eigenvalue weighted by Crippen LogP contribution is 2.27. The summed E-state index contributed by atoms with van der Waals surface area (Å²) < 4.78 is 5.79. The Balaban J connectivity index is 1.98. The quantitative estimate of drug-likeness (QED) is 0.875. The number of carboxylic acids is 1. The van der Waals surface area contributed by atoms with Crippen LogP contribution in [0, 0.1) is 5.92 Å². The van der Waals surface area contributed by atoms with Gasteiger partial charge in [-0.05, 0) is 37.7 Å². The molecule has 0 saturated heterocycles. The Morgan fingerprint density at radius 1 is 1.41 bits per heavy atom. The number of pyridine rings is 1. The van der Waals surface area contributed by atoms with Crippen molar-refractivity contribution in [2.24, 2.45) is 5.92 Å². The third-order valence-corrected chi connectivity index (χ3v) is 3.22. The highest BCUT2D eigenvalue weighted by Gasteiger charge is 2.19. The average molecular weight is 235 g/mol. The Morgan fingerprint density at radius 3 is 2.76 bits per heavy atom. The van der Waals surface area contributed by atoms with E-state index < -0.39 is 5.97 Å². The van der Waals surface area contributed by atoms with Gasteiger partial charge >= 0.3 is 5.97 Å². The lowest BCUT2D eigenvalue weighted by Gasteiger charge is -2.26. The molecule has 0 radical (unpaired) electrons. The normalized spacial score (nSPS) is 24.3. The van der Waals surface area contributed by atoms with Gasteiger partial charge in [-0.1, -0.05) is 6.92 Å². The number of ether oxygens (including phenoxy) is 1. The van der Waals surface area contributed by atoms with Crippen molar-refractivity contribution in [2.45, 2.75) is 38.7 Å². The number of aromatic nitrogens is 1. The van der Waals surface area contributed by atoms with Crippen LogP contribution in [0.4, 0.5) is 0 Å². The fourth-order valence-corrected chi connectivity index (χ4v) is 2.14. The molecule has 2 rings (SSSR count). The Labute approximate surface area is 101 Å². The SMILES string of the molecule is CC1CCC(Oc2ccnc(C(=O)O)c2)CC1. The van der Waals surface area contributed by atoms with Crippen LogP contribution in [0.25, 0.3) is 0 Å². The maximum Gasteiger partial charge on any atom is 0.354 e. The minimum absolute atomic E-state index is 0.0340. The molecule has 1 aromatic rings. The van der Waals surface area contributed by atoms with Crippen LogP contribution in [-0.2, 0) is 0 Å². The van der Waals surface area contributed by atoms with E-state index in [1.54, 1.807) is 6.07 Å². The molecule has 0 aromatic carbocycles. The van der Waals surface area contributed by atoms with Gasteiger partial charge in [-0.2, -0.15) is 0 Å². The van der Waals surface area contributed by atoms with E-state index in [4.69, 9.17) is 9.84 Å². The van der Waals surface area contributed by atoms with E-state index in [0.717, 1.165) is 18.8 Å². The Hall–Kier alpha value is -1.58. The van der Waals surface area contributed by atoms with Crippen LogP contribution < -0.4 is 4.74 Å². The standard InChI is InChI=1S/C13H17NO3/c1-9-2-4-10(5-3-9)17-11-6-7-14-12(8-11)13(15)16/h6-10H,2-5H2,1H3,(H,15,16). The van der Waals surface area contributed by atoms with E-state index in [-0.39, 0.29) is 11.8 Å². The summed E-state index contributed by atoms with van der Waals surface area (Å²) in [6, 6.07) is 3.20. The number of nitrogens with zero attached hydrogens (tertiary/aromatic N) is 1. The van der Waals surface area contributed by atoms with Crippen LogP contribution in [-0.4, -0.2) is 22.2 Å². The number of hydrogen-bond acceptors (Lipinski definition) is 3. The van der Waals surface area contributed by atoms with Crippen molar-refractivity contribution >= 4 is 5.97 Å². The summed E-state index contributed by atoms with van der Waals surface area (Å²) in [6.45, 7) is 2.26. The summed E-state index contributed by atoms with van der Waals surface area (Å²) in [5, 5.41) is 8.83. The van der Waals surface area contributed by atoms with Gasteiger partial charge in [0.05, 0.1) is 6.10 Å². The van der Waals surface area contributed by atoms with Crippen molar-refractivity contribution in [3.8, 4) is 5.75 Å². The summed E-state index contributed by atoms with van der Waals surface area (Å²) in [5.41, 5.74) is 0.0340. The molecule has 0 bridgehead atoms. The van der Waals surface area contributed by atoms with Gasteiger partial charge in [-0.3, -0.25) is 0 Å². The van der Waals surface area contributed by atoms with Crippen molar-refractivity contribution in [1.29, 1.82) is 0 Å². The predicted octanol–water partition coefficient (Wildman–Crippen LogP) is 2.74. The summed E-state index contributed by atoms with van der Waals surface area (Å²) in [4.78, 5) is 14.5. The van der Waals surface area contributed by atoms with Gasteiger partial charge in [0.2, 0.25) is 0 Å². The van der Waals surface area contributed by atoms with Gasteiger partial charge in [0.15, 0.2) is 5.69 Å². The van der Waals surface area contributed by atoms with E-state index in [1.165, 1.54) is 25.1 Å². The Kier molecular flexibility index (Phi) is 3.61. The fourth-order valence-electron chi connectivity index (χ4n) is 2.14. The summed E-state index contributed by atoms with van der Waals surface area (Å²) in [5.74, 6) is 0.367. The second-order valence-corrected chi connectivity index (χ2v) is 4.68. The maximum absolute atomic E-state index is 10.8. The average Bonchev–Trinajstić information content (AvgIpc) is 2.32. The lowest BCUT2D eigenvalue weighted by atomic mass is 9.89. The fraction of sp³-hybridized carbons (Fsp3) is 0.538. The third-order valence-electron chi connectivity index (χ3n) is 3.22. The van der Waals surface area contributed by atoms with Crippen LogP contribution in [0.3, 0.4) is 0 Å². The molecule has 0 atom stereocenters. The molecule has 1 N–H and O–H groups in total. The number of rotatable bonds is 3. The molecule has 0 aliphatic heterocycles. The number of hydrogen-bond donors (Lipinski definition) is 1. The number of carboxylic acid groups (broad SMARTS) is 1. The molecule has 1 aromatic heterocycles. The van der Waals surface area contributed by atoms with Gasteiger partial charge in [0.1, 0.15) is 5.75 Å². The van der Waals surface area contributed by atoms with Gasteiger partial charge in [0.25, 0.3) is 0 Å². The van der Waals surface area contributed by atoms with Gasteiger partial charge in [-0.25, -0.2) is 9.78 Å². The van der Waals surface area contributed by atoms with Crippen molar-refractivity contribution in [2.75, 3.05) is 0 Å². The zero-order chi connectivity index (χ0) is 12.3. The lowest BCUT2D eigenvalue weighted by Crippen LogP contribution is -2.23. The van der Waals surface area contributed by atoms with Crippen LogP contribution >= 0.6 is 0 Å². The molecule has 17 heavy (non-hydrogen) atoms. The first kappa shape index (κ1) is 11.9. The second-order valence-electron chi connectivity index (χ2n) is 4.68. The van der Waals surface area contributed by atoms with Crippen molar-refractivity contribution in [3.63, 3.8) is 0 Å². The topological polar surface area (TPSA) is 59.4 Å². The molecule has 1 aliphatic rings. The monoisotopic (exact) mass is 235 g/mol. The first-order valence-corrected chi connectivity index (χ1v) is 6.01. The maximum atomic E-state index is 10.8.